The highest BCUT2D eigenvalue weighted by molar-refractivity contribution is 6.07. The average Bonchev–Trinajstić information content (AvgIpc) is 3.02. The maximum absolute atomic E-state index is 12.5. The molecular weight excluding hydrogens is 348 g/mol. The first-order valence-electron chi connectivity index (χ1n) is 8.41. The van der Waals surface area contributed by atoms with Crippen LogP contribution in [0.1, 0.15) is 50.6 Å². The number of benzene rings is 1. The van der Waals surface area contributed by atoms with E-state index < -0.39 is 11.8 Å². The maximum Gasteiger partial charge on any atom is 0.305 e. The lowest BCUT2D eigenvalue weighted by molar-refractivity contribution is 0.0829. The number of nitrogens with zero attached hydrogens (tertiary/aromatic N) is 2. The van der Waals surface area contributed by atoms with Crippen molar-refractivity contribution in [3.05, 3.63) is 58.5 Å². The number of nitrogens with one attached hydrogen (secondary N) is 2. The van der Waals surface area contributed by atoms with Crippen LogP contribution in [0.4, 0.5) is 0 Å². The molecule has 1 aliphatic rings. The van der Waals surface area contributed by atoms with Crippen LogP contribution in [0.3, 0.4) is 0 Å². The number of hydrogen-bond acceptors (Lipinski definition) is 5. The number of aryl methyl sites for hydroxylation is 1. The predicted molar refractivity (Wildman–Crippen MR) is 100 cm³/mol. The van der Waals surface area contributed by atoms with Crippen LogP contribution in [0.5, 0.6) is 0 Å². The van der Waals surface area contributed by atoms with E-state index in [4.69, 9.17) is 15.9 Å². The highest BCUT2D eigenvalue weighted by atomic mass is 16.4. The minimum Gasteiger partial charge on any atom is -0.455 e. The lowest BCUT2D eigenvalue weighted by atomic mass is 9.93. The summed E-state index contributed by atoms with van der Waals surface area (Å²) >= 11 is 0. The fourth-order valence-corrected chi connectivity index (χ4v) is 2.93. The summed E-state index contributed by atoms with van der Waals surface area (Å²) in [6, 6.07) is 8.56. The molecule has 1 aliphatic carbocycles. The summed E-state index contributed by atoms with van der Waals surface area (Å²) in [7, 11) is 0. The van der Waals surface area contributed by atoms with Gasteiger partial charge in [0.15, 0.2) is 5.76 Å². The minimum atomic E-state index is -0.549. The summed E-state index contributed by atoms with van der Waals surface area (Å²) in [4.78, 5) is 24.5. The molecule has 6 N–H and O–H groups in total. The molecule has 1 aromatic heterocycles. The summed E-state index contributed by atoms with van der Waals surface area (Å²) in [6.45, 7) is 1.76. The number of hydrogen-bond donors (Lipinski definition) is 4. The van der Waals surface area contributed by atoms with Gasteiger partial charge in [-0.2, -0.15) is 5.10 Å². The molecule has 0 saturated heterocycles. The second-order valence-electron chi connectivity index (χ2n) is 6.05. The van der Waals surface area contributed by atoms with Gasteiger partial charge in [0.25, 0.3) is 5.91 Å². The summed E-state index contributed by atoms with van der Waals surface area (Å²) in [5, 5.41) is 7.76. The summed E-state index contributed by atoms with van der Waals surface area (Å²) < 4.78 is 5.72. The monoisotopic (exact) mass is 368 g/mol. The van der Waals surface area contributed by atoms with Crippen molar-refractivity contribution in [2.45, 2.75) is 26.2 Å². The average molecular weight is 368 g/mol. The molecule has 0 aliphatic heterocycles. The van der Waals surface area contributed by atoms with Crippen molar-refractivity contribution in [2.24, 2.45) is 21.7 Å². The van der Waals surface area contributed by atoms with Gasteiger partial charge in [0.2, 0.25) is 5.96 Å². The number of furan rings is 1. The molecular formula is C18H20N6O3. The smallest absolute Gasteiger partial charge is 0.305 e. The Labute approximate surface area is 155 Å². The largest absolute Gasteiger partial charge is 0.455 e. The second kappa shape index (κ2) is 7.73. The van der Waals surface area contributed by atoms with Gasteiger partial charge in [-0.15, -0.1) is 5.10 Å². The van der Waals surface area contributed by atoms with Gasteiger partial charge in [-0.3, -0.25) is 20.4 Å². The van der Waals surface area contributed by atoms with Gasteiger partial charge in [-0.25, -0.2) is 0 Å². The first-order chi connectivity index (χ1) is 13.0. The Kier molecular flexibility index (Phi) is 5.20. The number of carbonyl (C=O) groups excluding carboxylic acids is 2. The molecule has 0 spiro atoms. The first-order valence-corrected chi connectivity index (χ1v) is 8.41. The number of hydrazine groups is 1. The zero-order valence-corrected chi connectivity index (χ0v) is 14.8. The van der Waals surface area contributed by atoms with E-state index in [1.165, 1.54) is 0 Å². The molecule has 9 nitrogen and oxygen atoms in total. The van der Waals surface area contributed by atoms with Crippen LogP contribution < -0.4 is 22.3 Å². The molecule has 0 bridgehead atoms. The molecule has 0 saturated carbocycles. The fourth-order valence-electron chi connectivity index (χ4n) is 2.93. The molecule has 0 radical (unpaired) electrons. The van der Waals surface area contributed by atoms with Crippen molar-refractivity contribution >= 4 is 23.5 Å². The van der Waals surface area contributed by atoms with Crippen LogP contribution in [-0.2, 0) is 6.42 Å². The standard InChI is InChI=1S/C18H20N6O3/c1-10-14-12(21-24-18(19)20)8-5-9-13(14)27-15(10)17(26)23-22-16(25)11-6-3-2-4-7-11/h2-4,6-7H,5,8-9H2,1H3,(H,22,25)(H,23,26)(H4,19,20,24)/b21-12+. The molecule has 3 rings (SSSR count). The fraction of sp³-hybridized carbons (Fsp3) is 0.222. The third-order valence-electron chi connectivity index (χ3n) is 4.14. The van der Waals surface area contributed by atoms with E-state index >= 15 is 0 Å². The van der Waals surface area contributed by atoms with Crippen molar-refractivity contribution in [1.29, 1.82) is 0 Å². The normalized spacial score (nSPS) is 14.3. The van der Waals surface area contributed by atoms with Gasteiger partial charge >= 0.3 is 5.91 Å². The lowest BCUT2D eigenvalue weighted by Crippen LogP contribution is -2.41. The molecule has 0 fully saturated rings. The number of amides is 2. The third-order valence-corrected chi connectivity index (χ3v) is 4.14. The number of nitrogens with two attached hydrogens (primary N) is 2. The Bertz CT molecular complexity index is 926. The van der Waals surface area contributed by atoms with Crippen molar-refractivity contribution in [3.8, 4) is 0 Å². The minimum absolute atomic E-state index is 0.118. The van der Waals surface area contributed by atoms with Crippen LogP contribution in [0.2, 0.25) is 0 Å². The summed E-state index contributed by atoms with van der Waals surface area (Å²) in [6.07, 6.45) is 2.17. The Balaban J connectivity index is 1.78. The van der Waals surface area contributed by atoms with Crippen LogP contribution in [0.15, 0.2) is 45.0 Å². The van der Waals surface area contributed by atoms with Gasteiger partial charge in [0, 0.05) is 23.1 Å². The van der Waals surface area contributed by atoms with E-state index in [2.05, 4.69) is 21.1 Å². The van der Waals surface area contributed by atoms with Gasteiger partial charge in [0.1, 0.15) is 5.76 Å². The number of fused-ring (bicyclic) bond motifs is 1. The number of carbonyl (C=O) groups is 2. The van der Waals surface area contributed by atoms with Crippen molar-refractivity contribution < 1.29 is 14.0 Å². The summed E-state index contributed by atoms with van der Waals surface area (Å²) in [5.74, 6) is -0.340. The van der Waals surface area contributed by atoms with Crippen LogP contribution in [0, 0.1) is 6.92 Å². The van der Waals surface area contributed by atoms with Crippen molar-refractivity contribution in [1.82, 2.24) is 10.9 Å². The first kappa shape index (κ1) is 18.2. The molecule has 2 aromatic rings. The molecule has 0 unspecified atom stereocenters. The third kappa shape index (κ3) is 3.97. The molecule has 2 amide bonds. The van der Waals surface area contributed by atoms with Gasteiger partial charge < -0.3 is 15.9 Å². The zero-order chi connectivity index (χ0) is 19.4. The predicted octanol–water partition coefficient (Wildman–Crippen LogP) is 0.977. The van der Waals surface area contributed by atoms with Gasteiger partial charge in [0.05, 0.1) is 5.71 Å². The van der Waals surface area contributed by atoms with E-state index in [0.717, 1.165) is 12.0 Å². The molecule has 1 heterocycles. The second-order valence-corrected chi connectivity index (χ2v) is 6.05. The van der Waals surface area contributed by atoms with Crippen molar-refractivity contribution in [3.63, 3.8) is 0 Å². The molecule has 1 aromatic carbocycles. The van der Waals surface area contributed by atoms with Crippen LogP contribution in [0.25, 0.3) is 0 Å². The van der Waals surface area contributed by atoms with E-state index in [1.54, 1.807) is 37.3 Å². The Morgan fingerprint density at radius 2 is 1.78 bits per heavy atom. The lowest BCUT2D eigenvalue weighted by Gasteiger charge is -2.11. The molecule has 27 heavy (non-hydrogen) atoms. The quantitative estimate of drug-likeness (QED) is 0.362. The topological polar surface area (TPSA) is 148 Å². The van der Waals surface area contributed by atoms with Crippen molar-refractivity contribution in [2.75, 3.05) is 0 Å². The van der Waals surface area contributed by atoms with E-state index in [1.807, 2.05) is 0 Å². The zero-order valence-electron chi connectivity index (χ0n) is 14.8. The highest BCUT2D eigenvalue weighted by Crippen LogP contribution is 2.30. The number of rotatable bonds is 3. The molecule has 140 valence electrons. The van der Waals surface area contributed by atoms with E-state index in [0.29, 0.717) is 35.4 Å². The SMILES string of the molecule is Cc1c(C(=O)NNC(=O)c2ccccc2)oc2c1/C(=N/N=C(N)N)CCC2. The maximum atomic E-state index is 12.5. The van der Waals surface area contributed by atoms with E-state index in [-0.39, 0.29) is 11.7 Å². The molecule has 9 heteroatoms. The molecule has 0 atom stereocenters. The van der Waals surface area contributed by atoms with Crippen LogP contribution >= 0.6 is 0 Å². The Morgan fingerprint density at radius 1 is 1.07 bits per heavy atom. The highest BCUT2D eigenvalue weighted by Gasteiger charge is 2.28. The van der Waals surface area contributed by atoms with Crippen LogP contribution in [-0.4, -0.2) is 23.5 Å². The Morgan fingerprint density at radius 3 is 2.48 bits per heavy atom. The van der Waals surface area contributed by atoms with Gasteiger partial charge in [-0.1, -0.05) is 18.2 Å². The summed E-state index contributed by atoms with van der Waals surface area (Å²) in [5.41, 5.74) is 17.9. The van der Waals surface area contributed by atoms with E-state index in [9.17, 15) is 9.59 Å². The van der Waals surface area contributed by atoms with Gasteiger partial charge in [-0.05, 0) is 31.9 Å². The number of guanidine groups is 1. The Hall–Kier alpha value is -3.62.